The molecule has 1 saturated heterocycles. The second-order valence-electron chi connectivity index (χ2n) is 7.74. The van der Waals surface area contributed by atoms with Crippen molar-refractivity contribution in [2.75, 3.05) is 23.7 Å². The molecule has 2 aromatic rings. The Kier molecular flexibility index (Phi) is 5.38. The molecule has 0 radical (unpaired) electrons. The Balaban J connectivity index is 1.32. The summed E-state index contributed by atoms with van der Waals surface area (Å²) in [5.41, 5.74) is 13.7. The monoisotopic (exact) mass is 381 g/mol. The molecule has 1 amide bonds. The molecule has 2 aliphatic rings. The lowest BCUT2D eigenvalue weighted by Crippen LogP contribution is -2.41. The summed E-state index contributed by atoms with van der Waals surface area (Å²) in [4.78, 5) is 27.7. The minimum Gasteiger partial charge on any atom is -0.368 e. The number of amides is 1. The quantitative estimate of drug-likeness (QED) is 0.711. The zero-order chi connectivity index (χ0) is 19.5. The van der Waals surface area contributed by atoms with Crippen molar-refractivity contribution in [1.29, 1.82) is 0 Å². The number of nitrogens with zero attached hydrogens (tertiary/aromatic N) is 4. The molecule has 8 heteroatoms. The lowest BCUT2D eigenvalue weighted by molar-refractivity contribution is -0.125. The number of aromatic nitrogens is 3. The molecule has 5 N–H and O–H groups in total. The third kappa shape index (κ3) is 4.22. The first-order chi connectivity index (χ1) is 13.6. The summed E-state index contributed by atoms with van der Waals surface area (Å²) in [7, 11) is 0. The molecule has 2 aromatic heterocycles. The van der Waals surface area contributed by atoms with Gasteiger partial charge in [0.25, 0.3) is 0 Å². The van der Waals surface area contributed by atoms with Crippen LogP contribution in [0.5, 0.6) is 0 Å². The van der Waals surface area contributed by atoms with Crippen LogP contribution in [0, 0.1) is 5.92 Å². The predicted molar refractivity (Wildman–Crippen MR) is 107 cm³/mol. The van der Waals surface area contributed by atoms with Gasteiger partial charge in [0.1, 0.15) is 5.82 Å². The highest BCUT2D eigenvalue weighted by atomic mass is 16.1. The Hall–Kier alpha value is -2.74. The molecule has 8 nitrogen and oxygen atoms in total. The molecule has 148 valence electrons. The van der Waals surface area contributed by atoms with Crippen LogP contribution in [0.4, 0.5) is 11.8 Å². The highest BCUT2D eigenvalue weighted by molar-refractivity contribution is 5.78. The maximum Gasteiger partial charge on any atom is 0.223 e. The summed E-state index contributed by atoms with van der Waals surface area (Å²) in [6.45, 7) is 2.03. The van der Waals surface area contributed by atoms with Gasteiger partial charge in [-0.15, -0.1) is 0 Å². The van der Waals surface area contributed by atoms with Crippen molar-refractivity contribution >= 4 is 17.7 Å². The largest absolute Gasteiger partial charge is 0.368 e. The number of piperidine rings is 1. The van der Waals surface area contributed by atoms with Crippen LogP contribution >= 0.6 is 0 Å². The van der Waals surface area contributed by atoms with Crippen LogP contribution in [0.2, 0.25) is 0 Å². The summed E-state index contributed by atoms with van der Waals surface area (Å²) in [6.07, 6.45) is 5.23. The molecule has 0 spiro atoms. The standard InChI is InChI=1S/C20H27N7O/c21-15-9-14(10-15)17-11-18(26-20(22)25-17)27-7-4-13(5-8-27)19(28)24-12-16-3-1-2-6-23-16/h1-3,6,11,13-15H,4-5,7-10,12,21H2,(H,24,28)(H2,22,25,26). The molecule has 4 rings (SSSR count). The van der Waals surface area contributed by atoms with E-state index in [0.29, 0.717) is 18.4 Å². The number of anilines is 2. The molecule has 0 bridgehead atoms. The number of carbonyl (C=O) groups excluding carboxylic acids is 1. The molecular weight excluding hydrogens is 354 g/mol. The molecule has 0 unspecified atom stereocenters. The van der Waals surface area contributed by atoms with E-state index in [1.165, 1.54) is 0 Å². The van der Waals surface area contributed by atoms with Crippen LogP contribution in [0.3, 0.4) is 0 Å². The van der Waals surface area contributed by atoms with Crippen molar-refractivity contribution < 1.29 is 4.79 Å². The van der Waals surface area contributed by atoms with E-state index >= 15 is 0 Å². The Morgan fingerprint density at radius 1 is 1.21 bits per heavy atom. The third-order valence-corrected chi connectivity index (χ3v) is 5.70. The van der Waals surface area contributed by atoms with E-state index in [1.807, 2.05) is 24.3 Å². The van der Waals surface area contributed by atoms with Crippen LogP contribution in [-0.2, 0) is 11.3 Å². The van der Waals surface area contributed by atoms with Crippen molar-refractivity contribution in [1.82, 2.24) is 20.3 Å². The fourth-order valence-corrected chi connectivity index (χ4v) is 3.94. The summed E-state index contributed by atoms with van der Waals surface area (Å²) in [5.74, 6) is 1.66. The zero-order valence-electron chi connectivity index (χ0n) is 15.9. The number of hydrogen-bond donors (Lipinski definition) is 3. The smallest absolute Gasteiger partial charge is 0.223 e. The highest BCUT2D eigenvalue weighted by Crippen LogP contribution is 2.36. The summed E-state index contributed by atoms with van der Waals surface area (Å²) < 4.78 is 0. The number of rotatable bonds is 5. The van der Waals surface area contributed by atoms with Crippen LogP contribution in [0.25, 0.3) is 0 Å². The van der Waals surface area contributed by atoms with Crippen molar-refractivity contribution in [3.63, 3.8) is 0 Å². The maximum atomic E-state index is 12.5. The van der Waals surface area contributed by atoms with E-state index in [9.17, 15) is 4.79 Å². The van der Waals surface area contributed by atoms with E-state index in [-0.39, 0.29) is 17.9 Å². The van der Waals surface area contributed by atoms with Gasteiger partial charge < -0.3 is 21.7 Å². The Labute approximate surface area is 164 Å². The second kappa shape index (κ2) is 8.10. The maximum absolute atomic E-state index is 12.5. The van der Waals surface area contributed by atoms with Crippen LogP contribution < -0.4 is 21.7 Å². The van der Waals surface area contributed by atoms with Crippen molar-refractivity contribution in [2.45, 2.75) is 44.2 Å². The van der Waals surface area contributed by atoms with Gasteiger partial charge >= 0.3 is 0 Å². The summed E-state index contributed by atoms with van der Waals surface area (Å²) >= 11 is 0. The van der Waals surface area contributed by atoms with E-state index in [2.05, 4.69) is 25.2 Å². The van der Waals surface area contributed by atoms with Gasteiger partial charge in [-0.2, -0.15) is 4.98 Å². The van der Waals surface area contributed by atoms with Crippen LogP contribution in [0.1, 0.15) is 43.0 Å². The first-order valence-electron chi connectivity index (χ1n) is 9.91. The molecule has 3 heterocycles. The number of nitrogen functional groups attached to an aromatic ring is 1. The van der Waals surface area contributed by atoms with Gasteiger partial charge in [0, 0.05) is 43.2 Å². The van der Waals surface area contributed by atoms with E-state index < -0.39 is 0 Å². The predicted octanol–water partition coefficient (Wildman–Crippen LogP) is 1.19. The normalized spacial score (nSPS) is 22.5. The van der Waals surface area contributed by atoms with E-state index in [0.717, 1.165) is 56.0 Å². The third-order valence-electron chi connectivity index (χ3n) is 5.70. The van der Waals surface area contributed by atoms with Crippen molar-refractivity contribution in [3.05, 3.63) is 41.9 Å². The van der Waals surface area contributed by atoms with Crippen LogP contribution in [-0.4, -0.2) is 40.0 Å². The van der Waals surface area contributed by atoms with Crippen LogP contribution in [0.15, 0.2) is 30.5 Å². The van der Waals surface area contributed by atoms with Crippen molar-refractivity contribution in [2.24, 2.45) is 11.7 Å². The molecule has 1 aliphatic carbocycles. The van der Waals surface area contributed by atoms with Gasteiger partial charge in [-0.05, 0) is 37.8 Å². The first kappa shape index (κ1) is 18.6. The minimum absolute atomic E-state index is 0.0169. The topological polar surface area (TPSA) is 123 Å². The fourth-order valence-electron chi connectivity index (χ4n) is 3.94. The van der Waals surface area contributed by atoms with Gasteiger partial charge in [0.2, 0.25) is 11.9 Å². The summed E-state index contributed by atoms with van der Waals surface area (Å²) in [6, 6.07) is 8.01. The van der Waals surface area contributed by atoms with E-state index in [4.69, 9.17) is 11.5 Å². The van der Waals surface area contributed by atoms with Crippen molar-refractivity contribution in [3.8, 4) is 0 Å². The van der Waals surface area contributed by atoms with Gasteiger partial charge in [-0.25, -0.2) is 4.98 Å². The number of nitrogens with two attached hydrogens (primary N) is 2. The lowest BCUT2D eigenvalue weighted by atomic mass is 9.78. The number of nitrogens with one attached hydrogen (secondary N) is 1. The molecule has 2 fully saturated rings. The molecule has 1 saturated carbocycles. The molecular formula is C20H27N7O. The lowest BCUT2D eigenvalue weighted by Gasteiger charge is -2.34. The molecule has 0 aromatic carbocycles. The molecule has 0 atom stereocenters. The molecule has 28 heavy (non-hydrogen) atoms. The van der Waals surface area contributed by atoms with Gasteiger partial charge in [0.15, 0.2) is 0 Å². The zero-order valence-corrected chi connectivity index (χ0v) is 15.9. The van der Waals surface area contributed by atoms with Gasteiger partial charge in [-0.3, -0.25) is 9.78 Å². The first-order valence-corrected chi connectivity index (χ1v) is 9.91. The summed E-state index contributed by atoms with van der Waals surface area (Å²) in [5, 5.41) is 3.00. The number of pyridine rings is 1. The Morgan fingerprint density at radius 3 is 2.68 bits per heavy atom. The average molecular weight is 381 g/mol. The van der Waals surface area contributed by atoms with E-state index in [1.54, 1.807) is 6.20 Å². The van der Waals surface area contributed by atoms with Gasteiger partial charge in [0.05, 0.1) is 17.9 Å². The average Bonchev–Trinajstić information content (AvgIpc) is 2.70. The number of hydrogen-bond acceptors (Lipinski definition) is 7. The minimum atomic E-state index is 0.0169. The van der Waals surface area contributed by atoms with Gasteiger partial charge in [-0.1, -0.05) is 6.07 Å². The highest BCUT2D eigenvalue weighted by Gasteiger charge is 2.30. The second-order valence-corrected chi connectivity index (χ2v) is 7.74. The Morgan fingerprint density at radius 2 is 2.00 bits per heavy atom. The molecule has 1 aliphatic heterocycles. The number of carbonyl (C=O) groups is 1. The Bertz CT molecular complexity index is 815. The fraction of sp³-hybridized carbons (Fsp3) is 0.500. The SMILES string of the molecule is Nc1nc(C2CC(N)C2)cc(N2CCC(C(=O)NCc3ccccn3)CC2)n1.